The molecule has 0 radical (unpaired) electrons. The molecule has 0 amide bonds. The Balaban J connectivity index is 1.67. The molecular formula is C27H53N3O8. The number of ether oxygens (including phenoxy) is 8. The lowest BCUT2D eigenvalue weighted by molar-refractivity contribution is -0.0234. The van der Waals surface area contributed by atoms with E-state index in [4.69, 9.17) is 37.9 Å². The van der Waals surface area contributed by atoms with Crippen LogP contribution in [0.2, 0.25) is 0 Å². The smallest absolute Gasteiger partial charge is 0.0827 e. The van der Waals surface area contributed by atoms with Gasteiger partial charge in [-0.05, 0) is 25.2 Å². The van der Waals surface area contributed by atoms with Gasteiger partial charge < -0.3 is 37.9 Å². The molecule has 0 saturated carbocycles. The fourth-order valence-corrected chi connectivity index (χ4v) is 3.04. The van der Waals surface area contributed by atoms with Crippen LogP contribution in [0.25, 0.3) is 0 Å². The Hall–Kier alpha value is -1.18. The Kier molecular flexibility index (Phi) is 25.1. The average molecular weight is 548 g/mol. The van der Waals surface area contributed by atoms with E-state index in [9.17, 15) is 0 Å². The summed E-state index contributed by atoms with van der Waals surface area (Å²) in [5.74, 6) is 0.673. The van der Waals surface area contributed by atoms with Gasteiger partial charge in [-0.3, -0.25) is 0 Å². The lowest BCUT2D eigenvalue weighted by atomic mass is 10.1. The Labute approximate surface area is 229 Å². The molecule has 1 rings (SSSR count). The Morgan fingerprint density at radius 2 is 1.00 bits per heavy atom. The van der Waals surface area contributed by atoms with Crippen LogP contribution in [0.1, 0.15) is 45.7 Å². The van der Waals surface area contributed by atoms with Crippen molar-refractivity contribution in [1.82, 2.24) is 15.0 Å². The third kappa shape index (κ3) is 23.9. The van der Waals surface area contributed by atoms with Crippen molar-refractivity contribution < 1.29 is 37.9 Å². The van der Waals surface area contributed by atoms with Gasteiger partial charge in [-0.1, -0.05) is 32.4 Å². The molecular weight excluding hydrogens is 494 g/mol. The predicted molar refractivity (Wildman–Crippen MR) is 145 cm³/mol. The van der Waals surface area contributed by atoms with E-state index < -0.39 is 0 Å². The average Bonchev–Trinajstić information content (AvgIpc) is 3.37. The second kappa shape index (κ2) is 27.4. The number of aromatic nitrogens is 3. The van der Waals surface area contributed by atoms with Crippen molar-refractivity contribution in [2.75, 3.05) is 106 Å². The lowest BCUT2D eigenvalue weighted by Crippen LogP contribution is -2.15. The van der Waals surface area contributed by atoms with E-state index in [-0.39, 0.29) is 0 Å². The van der Waals surface area contributed by atoms with Crippen LogP contribution >= 0.6 is 0 Å². The van der Waals surface area contributed by atoms with E-state index in [1.165, 1.54) is 0 Å². The molecule has 0 aliphatic heterocycles. The summed E-state index contributed by atoms with van der Waals surface area (Å²) in [5, 5.41) is 8.28. The first-order chi connectivity index (χ1) is 18.7. The van der Waals surface area contributed by atoms with E-state index >= 15 is 0 Å². The van der Waals surface area contributed by atoms with Crippen molar-refractivity contribution in [2.24, 2.45) is 5.92 Å². The SMILES string of the molecule is CCCCc1cn(CCOCCOCCOCCOCCOCCOCCOCCOCCC(C)C)nn1. The summed E-state index contributed by atoms with van der Waals surface area (Å²) in [6, 6.07) is 0. The third-order valence-corrected chi connectivity index (χ3v) is 5.28. The number of unbranched alkanes of at least 4 members (excludes halogenated alkanes) is 1. The Bertz CT molecular complexity index is 607. The van der Waals surface area contributed by atoms with Gasteiger partial charge in [0.2, 0.25) is 0 Å². The normalized spacial score (nSPS) is 11.7. The Morgan fingerprint density at radius 1 is 0.605 bits per heavy atom. The maximum atomic E-state index is 5.57. The molecule has 11 heteroatoms. The number of nitrogens with zero attached hydrogens (tertiary/aromatic N) is 3. The standard InChI is InChI=1S/C27H53N3O8/c1-4-5-6-27-25-30(29-28-27)8-10-32-12-14-34-16-18-36-20-22-38-24-23-37-21-19-35-17-15-33-13-11-31-9-7-26(2)3/h25-26H,4-24H2,1-3H3. The van der Waals surface area contributed by atoms with E-state index in [0.717, 1.165) is 38.0 Å². The summed E-state index contributed by atoms with van der Waals surface area (Å²) < 4.78 is 45.8. The predicted octanol–water partition coefficient (Wildman–Crippen LogP) is 2.80. The summed E-state index contributed by atoms with van der Waals surface area (Å²) in [4.78, 5) is 0. The molecule has 0 spiro atoms. The fraction of sp³-hybridized carbons (Fsp3) is 0.926. The molecule has 0 atom stereocenters. The van der Waals surface area contributed by atoms with Crippen LogP contribution in [0.5, 0.6) is 0 Å². The first-order valence-corrected chi connectivity index (χ1v) is 14.2. The summed E-state index contributed by atoms with van der Waals surface area (Å²) in [5.41, 5.74) is 1.04. The first-order valence-electron chi connectivity index (χ1n) is 14.2. The van der Waals surface area contributed by atoms with Gasteiger partial charge in [0.25, 0.3) is 0 Å². The lowest BCUT2D eigenvalue weighted by Gasteiger charge is -2.09. The Morgan fingerprint density at radius 3 is 1.39 bits per heavy atom. The van der Waals surface area contributed by atoms with Gasteiger partial charge >= 0.3 is 0 Å². The van der Waals surface area contributed by atoms with E-state index in [2.05, 4.69) is 31.1 Å². The number of aryl methyl sites for hydroxylation is 1. The minimum Gasteiger partial charge on any atom is -0.379 e. The van der Waals surface area contributed by atoms with Gasteiger partial charge in [0.05, 0.1) is 111 Å². The van der Waals surface area contributed by atoms with Crippen molar-refractivity contribution in [3.8, 4) is 0 Å². The highest BCUT2D eigenvalue weighted by Crippen LogP contribution is 2.00. The molecule has 0 N–H and O–H groups in total. The van der Waals surface area contributed by atoms with Crippen LogP contribution in [-0.2, 0) is 50.9 Å². The van der Waals surface area contributed by atoms with Crippen LogP contribution in [0.15, 0.2) is 6.20 Å². The van der Waals surface area contributed by atoms with Crippen molar-refractivity contribution in [3.63, 3.8) is 0 Å². The summed E-state index contributed by atoms with van der Waals surface area (Å²) in [6.07, 6.45) is 6.36. The van der Waals surface area contributed by atoms with Crippen molar-refractivity contribution in [3.05, 3.63) is 11.9 Å². The minimum absolute atomic E-state index is 0.532. The zero-order valence-corrected chi connectivity index (χ0v) is 24.1. The molecule has 0 aromatic carbocycles. The van der Waals surface area contributed by atoms with Gasteiger partial charge in [-0.25, -0.2) is 4.68 Å². The molecule has 0 fully saturated rings. The third-order valence-electron chi connectivity index (χ3n) is 5.28. The maximum Gasteiger partial charge on any atom is 0.0827 e. The highest BCUT2D eigenvalue weighted by atomic mass is 16.6. The number of hydrogen-bond donors (Lipinski definition) is 0. The number of rotatable bonds is 30. The molecule has 0 unspecified atom stereocenters. The monoisotopic (exact) mass is 547 g/mol. The second-order valence-corrected chi connectivity index (χ2v) is 9.16. The quantitative estimate of drug-likeness (QED) is 0.134. The topological polar surface area (TPSA) is 105 Å². The maximum absolute atomic E-state index is 5.57. The van der Waals surface area contributed by atoms with Gasteiger partial charge in [0.1, 0.15) is 0 Å². The molecule has 0 saturated heterocycles. The van der Waals surface area contributed by atoms with E-state index in [1.807, 2.05) is 10.9 Å². The summed E-state index contributed by atoms with van der Waals surface area (Å²) >= 11 is 0. The van der Waals surface area contributed by atoms with Crippen LogP contribution < -0.4 is 0 Å². The minimum atomic E-state index is 0.532. The zero-order chi connectivity index (χ0) is 27.4. The molecule has 1 heterocycles. The van der Waals surface area contributed by atoms with Gasteiger partial charge in [0, 0.05) is 12.8 Å². The largest absolute Gasteiger partial charge is 0.379 e. The summed E-state index contributed by atoms with van der Waals surface area (Å²) in [6.45, 7) is 16.4. The molecule has 0 bridgehead atoms. The highest BCUT2D eigenvalue weighted by molar-refractivity contribution is 4.91. The van der Waals surface area contributed by atoms with Crippen LogP contribution in [-0.4, -0.2) is 121 Å². The highest BCUT2D eigenvalue weighted by Gasteiger charge is 2.00. The zero-order valence-electron chi connectivity index (χ0n) is 24.1. The van der Waals surface area contributed by atoms with Gasteiger partial charge in [-0.15, -0.1) is 5.10 Å². The van der Waals surface area contributed by atoms with Crippen LogP contribution in [0.3, 0.4) is 0 Å². The molecule has 0 aliphatic rings. The van der Waals surface area contributed by atoms with Crippen molar-refractivity contribution in [1.29, 1.82) is 0 Å². The molecule has 224 valence electrons. The molecule has 11 nitrogen and oxygen atoms in total. The van der Waals surface area contributed by atoms with E-state index in [0.29, 0.717) is 112 Å². The summed E-state index contributed by atoms with van der Waals surface area (Å²) in [7, 11) is 0. The van der Waals surface area contributed by atoms with E-state index in [1.54, 1.807) is 0 Å². The van der Waals surface area contributed by atoms with Gasteiger partial charge in [-0.2, -0.15) is 0 Å². The first kappa shape index (κ1) is 34.8. The number of hydrogen-bond acceptors (Lipinski definition) is 10. The van der Waals surface area contributed by atoms with Crippen LogP contribution in [0.4, 0.5) is 0 Å². The fourth-order valence-electron chi connectivity index (χ4n) is 3.04. The van der Waals surface area contributed by atoms with Crippen LogP contribution in [0, 0.1) is 5.92 Å². The van der Waals surface area contributed by atoms with Gasteiger partial charge in [0.15, 0.2) is 0 Å². The van der Waals surface area contributed by atoms with Crippen molar-refractivity contribution in [2.45, 2.75) is 53.0 Å². The molecule has 0 aliphatic carbocycles. The molecule has 38 heavy (non-hydrogen) atoms. The molecule has 1 aromatic heterocycles. The molecule has 1 aromatic rings. The second-order valence-electron chi connectivity index (χ2n) is 9.16. The van der Waals surface area contributed by atoms with Crippen molar-refractivity contribution >= 4 is 0 Å².